The first kappa shape index (κ1) is 17.7. The Kier molecular flexibility index (Phi) is 7.44. The monoisotopic (exact) mass is 274 g/mol. The van der Waals surface area contributed by atoms with Crippen LogP contribution in [0, 0.1) is 0 Å². The van der Waals surface area contributed by atoms with E-state index in [4.69, 9.17) is 9.84 Å². The molecule has 0 aliphatic rings. The Labute approximate surface area is 115 Å². The summed E-state index contributed by atoms with van der Waals surface area (Å²) < 4.78 is 5.09. The van der Waals surface area contributed by atoms with Crippen LogP contribution in [0.2, 0.25) is 0 Å². The summed E-state index contributed by atoms with van der Waals surface area (Å²) in [5.41, 5.74) is -0.497. The molecule has 0 saturated carbocycles. The molecule has 0 aromatic rings. The minimum Gasteiger partial charge on any atom is -0.480 e. The van der Waals surface area contributed by atoms with Gasteiger partial charge < -0.3 is 15.2 Å². The summed E-state index contributed by atoms with van der Waals surface area (Å²) in [6.45, 7) is 5.91. The van der Waals surface area contributed by atoms with Crippen LogP contribution in [0.1, 0.15) is 40.0 Å². The second kappa shape index (κ2) is 7.99. The van der Waals surface area contributed by atoms with Crippen molar-refractivity contribution in [3.05, 3.63) is 0 Å². The average Bonchev–Trinajstić information content (AvgIpc) is 2.19. The number of nitrogens with zero attached hydrogens (tertiary/aromatic N) is 1. The van der Waals surface area contributed by atoms with E-state index < -0.39 is 23.7 Å². The Balaban J connectivity index is 3.76. The van der Waals surface area contributed by atoms with Crippen molar-refractivity contribution in [1.29, 1.82) is 0 Å². The van der Waals surface area contributed by atoms with Gasteiger partial charge in [0.1, 0.15) is 11.6 Å². The highest BCUT2D eigenvalue weighted by atomic mass is 16.6. The van der Waals surface area contributed by atoms with Crippen LogP contribution in [0.15, 0.2) is 0 Å². The van der Waals surface area contributed by atoms with Gasteiger partial charge in [-0.1, -0.05) is 0 Å². The summed E-state index contributed by atoms with van der Waals surface area (Å²) in [6.07, 6.45) is 1.61. The first-order valence-electron chi connectivity index (χ1n) is 6.49. The standard InChI is InChI=1S/C13H26N2O4/c1-13(2,3)19-12(18)14-9-7-6-8-10(11(16)17)15(4)5/h10H,6-9H2,1-5H3,(H,14,18)(H,16,17)/t10-/m1/s1. The summed E-state index contributed by atoms with van der Waals surface area (Å²) in [4.78, 5) is 24.0. The molecule has 0 unspecified atom stereocenters. The summed E-state index contributed by atoms with van der Waals surface area (Å²) in [7, 11) is 3.50. The maximum atomic E-state index is 11.3. The number of ether oxygens (including phenoxy) is 1. The number of carboxylic acid groups (broad SMARTS) is 1. The van der Waals surface area contributed by atoms with E-state index in [1.807, 2.05) is 0 Å². The molecule has 0 fully saturated rings. The molecule has 0 aliphatic carbocycles. The van der Waals surface area contributed by atoms with Crippen LogP contribution in [0.25, 0.3) is 0 Å². The fourth-order valence-electron chi connectivity index (χ4n) is 1.57. The summed E-state index contributed by atoms with van der Waals surface area (Å²) >= 11 is 0. The molecule has 6 nitrogen and oxygen atoms in total. The molecule has 1 atom stereocenters. The number of hydrogen-bond acceptors (Lipinski definition) is 4. The first-order chi connectivity index (χ1) is 8.63. The summed E-state index contributed by atoms with van der Waals surface area (Å²) in [6, 6.07) is -0.471. The van der Waals surface area contributed by atoms with Gasteiger partial charge in [-0.25, -0.2) is 4.79 Å². The van der Waals surface area contributed by atoms with E-state index in [0.717, 1.165) is 12.8 Å². The minimum atomic E-state index is -0.815. The number of aliphatic carboxylic acids is 1. The van der Waals surface area contributed by atoms with Crippen molar-refractivity contribution in [2.24, 2.45) is 0 Å². The Morgan fingerprint density at radius 1 is 1.26 bits per heavy atom. The number of carboxylic acids is 1. The molecule has 0 spiro atoms. The molecule has 112 valence electrons. The van der Waals surface area contributed by atoms with Crippen molar-refractivity contribution in [3.63, 3.8) is 0 Å². The molecule has 0 bridgehead atoms. The normalized spacial score (nSPS) is 13.2. The quantitative estimate of drug-likeness (QED) is 0.691. The zero-order chi connectivity index (χ0) is 15.1. The van der Waals surface area contributed by atoms with Gasteiger partial charge in [-0.2, -0.15) is 0 Å². The number of rotatable bonds is 7. The van der Waals surface area contributed by atoms with Crippen LogP contribution >= 0.6 is 0 Å². The molecule has 19 heavy (non-hydrogen) atoms. The molecule has 1 amide bonds. The number of hydrogen-bond donors (Lipinski definition) is 2. The maximum absolute atomic E-state index is 11.3. The molecule has 6 heteroatoms. The van der Waals surface area contributed by atoms with E-state index in [-0.39, 0.29) is 0 Å². The Morgan fingerprint density at radius 2 is 1.84 bits per heavy atom. The summed E-state index contributed by atoms with van der Waals surface area (Å²) in [5, 5.41) is 11.6. The third-order valence-corrected chi connectivity index (χ3v) is 2.48. The molecule has 0 rings (SSSR count). The highest BCUT2D eigenvalue weighted by Gasteiger charge is 2.19. The van der Waals surface area contributed by atoms with Crippen molar-refractivity contribution in [1.82, 2.24) is 10.2 Å². The van der Waals surface area contributed by atoms with E-state index >= 15 is 0 Å². The molecule has 0 saturated heterocycles. The minimum absolute atomic E-state index is 0.435. The largest absolute Gasteiger partial charge is 0.480 e. The smallest absolute Gasteiger partial charge is 0.407 e. The van der Waals surface area contributed by atoms with Crippen molar-refractivity contribution in [3.8, 4) is 0 Å². The lowest BCUT2D eigenvalue weighted by molar-refractivity contribution is -0.142. The fourth-order valence-corrected chi connectivity index (χ4v) is 1.57. The van der Waals surface area contributed by atoms with E-state index in [1.165, 1.54) is 0 Å². The van der Waals surface area contributed by atoms with Crippen LogP contribution in [-0.4, -0.2) is 54.4 Å². The zero-order valence-corrected chi connectivity index (χ0v) is 12.5. The van der Waals surface area contributed by atoms with Gasteiger partial charge in [0.2, 0.25) is 0 Å². The van der Waals surface area contributed by atoms with Crippen LogP contribution in [0.4, 0.5) is 4.79 Å². The predicted octanol–water partition coefficient (Wildman–Crippen LogP) is 1.70. The van der Waals surface area contributed by atoms with Gasteiger partial charge in [0, 0.05) is 6.54 Å². The molecule has 0 aromatic heterocycles. The maximum Gasteiger partial charge on any atom is 0.407 e. The van der Waals surface area contributed by atoms with E-state index in [0.29, 0.717) is 13.0 Å². The lowest BCUT2D eigenvalue weighted by Crippen LogP contribution is -2.36. The number of likely N-dealkylation sites (N-methyl/N-ethyl adjacent to an activating group) is 1. The average molecular weight is 274 g/mol. The van der Waals surface area contributed by atoms with Gasteiger partial charge in [-0.05, 0) is 54.1 Å². The van der Waals surface area contributed by atoms with Crippen LogP contribution < -0.4 is 5.32 Å². The predicted molar refractivity (Wildman–Crippen MR) is 73.2 cm³/mol. The first-order valence-corrected chi connectivity index (χ1v) is 6.49. The van der Waals surface area contributed by atoms with Gasteiger partial charge in [-0.15, -0.1) is 0 Å². The van der Waals surface area contributed by atoms with Crippen LogP contribution in [0.5, 0.6) is 0 Å². The number of amides is 1. The SMILES string of the molecule is CN(C)[C@H](CCCCNC(=O)OC(C)(C)C)C(=O)O. The van der Waals surface area contributed by atoms with Crippen molar-refractivity contribution in [2.75, 3.05) is 20.6 Å². The van der Waals surface area contributed by atoms with Crippen molar-refractivity contribution in [2.45, 2.75) is 51.7 Å². The third-order valence-electron chi connectivity index (χ3n) is 2.48. The van der Waals surface area contributed by atoms with Gasteiger partial charge in [-0.3, -0.25) is 9.69 Å². The van der Waals surface area contributed by atoms with E-state index in [1.54, 1.807) is 39.8 Å². The summed E-state index contributed by atoms with van der Waals surface area (Å²) in [5.74, 6) is -0.815. The number of unbranched alkanes of at least 4 members (excludes halogenated alkanes) is 1. The number of alkyl carbamates (subject to hydrolysis) is 1. The van der Waals surface area contributed by atoms with Gasteiger partial charge >= 0.3 is 12.1 Å². The molecular weight excluding hydrogens is 248 g/mol. The van der Waals surface area contributed by atoms with Gasteiger partial charge in [0.25, 0.3) is 0 Å². The topological polar surface area (TPSA) is 78.9 Å². The second-order valence-corrected chi connectivity index (χ2v) is 5.74. The molecular formula is C13H26N2O4. The van der Waals surface area contributed by atoms with Gasteiger partial charge in [0.05, 0.1) is 0 Å². The number of carbonyl (C=O) groups excluding carboxylic acids is 1. The molecule has 0 aromatic carbocycles. The molecule has 0 aliphatic heterocycles. The lowest BCUT2D eigenvalue weighted by Gasteiger charge is -2.20. The van der Waals surface area contributed by atoms with Crippen molar-refractivity contribution < 1.29 is 19.4 Å². The number of carbonyl (C=O) groups is 2. The Morgan fingerprint density at radius 3 is 2.26 bits per heavy atom. The molecule has 2 N–H and O–H groups in total. The Bertz CT molecular complexity index is 298. The zero-order valence-electron chi connectivity index (χ0n) is 12.5. The highest BCUT2D eigenvalue weighted by molar-refractivity contribution is 5.73. The van der Waals surface area contributed by atoms with E-state index in [9.17, 15) is 9.59 Å². The lowest BCUT2D eigenvalue weighted by atomic mass is 10.1. The van der Waals surface area contributed by atoms with Crippen LogP contribution in [-0.2, 0) is 9.53 Å². The molecule has 0 heterocycles. The number of nitrogens with one attached hydrogen (secondary N) is 1. The van der Waals surface area contributed by atoms with E-state index in [2.05, 4.69) is 5.32 Å². The Hall–Kier alpha value is -1.30. The van der Waals surface area contributed by atoms with Gasteiger partial charge in [0.15, 0.2) is 0 Å². The highest BCUT2D eigenvalue weighted by Crippen LogP contribution is 2.07. The fraction of sp³-hybridized carbons (Fsp3) is 0.846. The second-order valence-electron chi connectivity index (χ2n) is 5.74. The van der Waals surface area contributed by atoms with Crippen molar-refractivity contribution >= 4 is 12.1 Å². The third kappa shape index (κ3) is 9.30. The molecule has 0 radical (unpaired) electrons. The van der Waals surface area contributed by atoms with Crippen LogP contribution in [0.3, 0.4) is 0 Å².